The van der Waals surface area contributed by atoms with Crippen molar-refractivity contribution in [1.82, 2.24) is 10.6 Å². The van der Waals surface area contributed by atoms with E-state index >= 15 is 0 Å². The van der Waals surface area contributed by atoms with Crippen LogP contribution in [0.4, 0.5) is 0 Å². The molecule has 1 rings (SSSR count). The first-order valence-corrected chi connectivity index (χ1v) is 4.34. The van der Waals surface area contributed by atoms with Gasteiger partial charge in [0.2, 0.25) is 0 Å². The highest BCUT2D eigenvalue weighted by molar-refractivity contribution is 4.74. The third kappa shape index (κ3) is 3.70. The quantitative estimate of drug-likeness (QED) is 0.551. The zero-order valence-corrected chi connectivity index (χ0v) is 7.39. The Morgan fingerprint density at radius 1 is 1.55 bits per heavy atom. The van der Waals surface area contributed by atoms with E-state index < -0.39 is 0 Å². The van der Waals surface area contributed by atoms with E-state index in [1.165, 1.54) is 0 Å². The lowest BCUT2D eigenvalue weighted by atomic mass is 10.2. The standard InChI is InChI=1S/C8H18N2O/c1-7(2)10-3-4-11-8-5-9-6-8/h7-10H,3-6H2,1-2H3. The molecule has 0 aromatic carbocycles. The molecule has 0 unspecified atom stereocenters. The van der Waals surface area contributed by atoms with Crippen LogP contribution in [0.1, 0.15) is 13.8 Å². The average Bonchev–Trinajstić information content (AvgIpc) is 1.82. The van der Waals surface area contributed by atoms with Gasteiger partial charge in [-0.2, -0.15) is 0 Å². The van der Waals surface area contributed by atoms with Gasteiger partial charge < -0.3 is 15.4 Å². The van der Waals surface area contributed by atoms with Crippen LogP contribution in [0.3, 0.4) is 0 Å². The van der Waals surface area contributed by atoms with Crippen molar-refractivity contribution in [3.63, 3.8) is 0 Å². The summed E-state index contributed by atoms with van der Waals surface area (Å²) in [4.78, 5) is 0. The number of rotatable bonds is 5. The monoisotopic (exact) mass is 158 g/mol. The van der Waals surface area contributed by atoms with Gasteiger partial charge in [-0.15, -0.1) is 0 Å². The second-order valence-corrected chi connectivity index (χ2v) is 3.26. The summed E-state index contributed by atoms with van der Waals surface area (Å²) in [6, 6.07) is 0.568. The summed E-state index contributed by atoms with van der Waals surface area (Å²) >= 11 is 0. The van der Waals surface area contributed by atoms with Crippen LogP contribution in [0.5, 0.6) is 0 Å². The average molecular weight is 158 g/mol. The van der Waals surface area contributed by atoms with Crippen LogP contribution in [-0.2, 0) is 4.74 Å². The topological polar surface area (TPSA) is 33.3 Å². The third-order valence-electron chi connectivity index (χ3n) is 1.75. The van der Waals surface area contributed by atoms with Gasteiger partial charge in [0, 0.05) is 25.7 Å². The van der Waals surface area contributed by atoms with E-state index in [9.17, 15) is 0 Å². The molecule has 11 heavy (non-hydrogen) atoms. The van der Waals surface area contributed by atoms with Crippen molar-refractivity contribution >= 4 is 0 Å². The molecular formula is C8H18N2O. The Balaban J connectivity index is 1.80. The smallest absolute Gasteiger partial charge is 0.0824 e. The molecule has 0 bridgehead atoms. The van der Waals surface area contributed by atoms with Crippen molar-refractivity contribution in [2.45, 2.75) is 26.0 Å². The maximum absolute atomic E-state index is 5.50. The van der Waals surface area contributed by atoms with Gasteiger partial charge in [0.05, 0.1) is 12.7 Å². The summed E-state index contributed by atoms with van der Waals surface area (Å²) in [6.07, 6.45) is 0.476. The van der Waals surface area contributed by atoms with Gasteiger partial charge in [-0.25, -0.2) is 0 Å². The number of ether oxygens (including phenoxy) is 1. The summed E-state index contributed by atoms with van der Waals surface area (Å²) in [5, 5.41) is 6.47. The molecule has 0 saturated carbocycles. The molecule has 0 aromatic rings. The molecule has 0 aliphatic carbocycles. The van der Waals surface area contributed by atoms with Crippen molar-refractivity contribution in [3.05, 3.63) is 0 Å². The van der Waals surface area contributed by atoms with Crippen LogP contribution in [0.2, 0.25) is 0 Å². The van der Waals surface area contributed by atoms with Crippen LogP contribution in [0.15, 0.2) is 0 Å². The van der Waals surface area contributed by atoms with Crippen LogP contribution in [0.25, 0.3) is 0 Å². The molecule has 66 valence electrons. The highest BCUT2D eigenvalue weighted by atomic mass is 16.5. The highest BCUT2D eigenvalue weighted by Crippen LogP contribution is 1.96. The molecule has 0 aromatic heterocycles. The van der Waals surface area contributed by atoms with Crippen molar-refractivity contribution in [3.8, 4) is 0 Å². The fourth-order valence-electron chi connectivity index (χ4n) is 0.953. The summed E-state index contributed by atoms with van der Waals surface area (Å²) in [6.45, 7) is 8.15. The summed E-state index contributed by atoms with van der Waals surface area (Å²) in [5.41, 5.74) is 0. The fourth-order valence-corrected chi connectivity index (χ4v) is 0.953. The molecule has 0 radical (unpaired) electrons. The first-order valence-electron chi connectivity index (χ1n) is 4.34. The maximum Gasteiger partial charge on any atom is 0.0824 e. The maximum atomic E-state index is 5.50. The highest BCUT2D eigenvalue weighted by Gasteiger charge is 2.15. The SMILES string of the molecule is CC(C)NCCOC1CNC1. The van der Waals surface area contributed by atoms with Gasteiger partial charge >= 0.3 is 0 Å². The summed E-state index contributed by atoms with van der Waals surface area (Å²) < 4.78 is 5.50. The van der Waals surface area contributed by atoms with Gasteiger partial charge in [-0.05, 0) is 0 Å². The lowest BCUT2D eigenvalue weighted by Crippen LogP contribution is -2.49. The van der Waals surface area contributed by atoms with Gasteiger partial charge in [0.1, 0.15) is 0 Å². The molecular weight excluding hydrogens is 140 g/mol. The fraction of sp³-hybridized carbons (Fsp3) is 1.00. The number of hydrogen-bond acceptors (Lipinski definition) is 3. The van der Waals surface area contributed by atoms with E-state index in [2.05, 4.69) is 24.5 Å². The first-order chi connectivity index (χ1) is 5.29. The van der Waals surface area contributed by atoms with E-state index in [0.29, 0.717) is 12.1 Å². The van der Waals surface area contributed by atoms with Crippen LogP contribution in [0, 0.1) is 0 Å². The minimum atomic E-state index is 0.476. The molecule has 1 saturated heterocycles. The number of hydrogen-bond donors (Lipinski definition) is 2. The second kappa shape index (κ2) is 4.70. The predicted molar refractivity (Wildman–Crippen MR) is 45.7 cm³/mol. The molecule has 0 spiro atoms. The zero-order chi connectivity index (χ0) is 8.10. The molecule has 3 nitrogen and oxygen atoms in total. The summed E-state index contributed by atoms with van der Waals surface area (Å²) in [5.74, 6) is 0. The van der Waals surface area contributed by atoms with Crippen LogP contribution >= 0.6 is 0 Å². The molecule has 0 atom stereocenters. The number of nitrogens with one attached hydrogen (secondary N) is 2. The Morgan fingerprint density at radius 3 is 2.73 bits per heavy atom. The third-order valence-corrected chi connectivity index (χ3v) is 1.75. The van der Waals surface area contributed by atoms with E-state index in [1.54, 1.807) is 0 Å². The normalized spacial score (nSPS) is 18.8. The Bertz CT molecular complexity index is 102. The second-order valence-electron chi connectivity index (χ2n) is 3.26. The minimum absolute atomic E-state index is 0.476. The van der Waals surface area contributed by atoms with Gasteiger partial charge in [-0.3, -0.25) is 0 Å². The summed E-state index contributed by atoms with van der Waals surface area (Å²) in [7, 11) is 0. The van der Waals surface area contributed by atoms with Gasteiger partial charge in [-0.1, -0.05) is 13.8 Å². The van der Waals surface area contributed by atoms with Crippen LogP contribution < -0.4 is 10.6 Å². The van der Waals surface area contributed by atoms with E-state index in [0.717, 1.165) is 26.2 Å². The molecule has 1 fully saturated rings. The predicted octanol–water partition coefficient (Wildman–Crippen LogP) is -0.0272. The Morgan fingerprint density at radius 2 is 2.27 bits per heavy atom. The lowest BCUT2D eigenvalue weighted by Gasteiger charge is -2.27. The molecule has 1 aliphatic rings. The Labute approximate surface area is 68.5 Å². The van der Waals surface area contributed by atoms with E-state index in [4.69, 9.17) is 4.74 Å². The van der Waals surface area contributed by atoms with Crippen molar-refractivity contribution < 1.29 is 4.74 Å². The largest absolute Gasteiger partial charge is 0.374 e. The Kier molecular flexibility index (Phi) is 3.83. The molecule has 3 heteroatoms. The minimum Gasteiger partial charge on any atom is -0.374 e. The lowest BCUT2D eigenvalue weighted by molar-refractivity contribution is 0.0203. The zero-order valence-electron chi connectivity index (χ0n) is 7.39. The Hall–Kier alpha value is -0.120. The van der Waals surface area contributed by atoms with Crippen LogP contribution in [-0.4, -0.2) is 38.4 Å². The molecule has 1 heterocycles. The van der Waals surface area contributed by atoms with Gasteiger partial charge in [0.25, 0.3) is 0 Å². The van der Waals surface area contributed by atoms with Gasteiger partial charge in [0.15, 0.2) is 0 Å². The first kappa shape index (κ1) is 8.97. The molecule has 0 amide bonds. The molecule has 2 N–H and O–H groups in total. The van der Waals surface area contributed by atoms with E-state index in [1.807, 2.05) is 0 Å². The van der Waals surface area contributed by atoms with Crippen molar-refractivity contribution in [2.24, 2.45) is 0 Å². The van der Waals surface area contributed by atoms with E-state index in [-0.39, 0.29) is 0 Å². The molecule has 1 aliphatic heterocycles. The van der Waals surface area contributed by atoms with Crippen molar-refractivity contribution in [2.75, 3.05) is 26.2 Å². The van der Waals surface area contributed by atoms with Crippen molar-refractivity contribution in [1.29, 1.82) is 0 Å².